The minimum Gasteiger partial charge on any atom is -0.465 e. The van der Waals surface area contributed by atoms with Gasteiger partial charge in [-0.3, -0.25) is 0 Å². The minimum absolute atomic E-state index is 0.307. The van der Waals surface area contributed by atoms with E-state index in [-0.39, 0.29) is 11.8 Å². The summed E-state index contributed by atoms with van der Waals surface area (Å²) in [6.45, 7) is 11.8. The Labute approximate surface area is 201 Å². The van der Waals surface area contributed by atoms with Gasteiger partial charge in [-0.2, -0.15) is 0 Å². The minimum atomic E-state index is -0.369. The van der Waals surface area contributed by atoms with E-state index < -0.39 is 0 Å². The van der Waals surface area contributed by atoms with Gasteiger partial charge in [-0.25, -0.2) is 9.18 Å². The van der Waals surface area contributed by atoms with Crippen LogP contribution in [0.2, 0.25) is 0 Å². The second kappa shape index (κ2) is 13.0. The van der Waals surface area contributed by atoms with Crippen LogP contribution in [0.15, 0.2) is 85.6 Å². The Kier molecular flexibility index (Phi) is 10.1. The number of halogens is 1. The number of ether oxygens (including phenoxy) is 2. The summed E-state index contributed by atoms with van der Waals surface area (Å²) in [5.41, 5.74) is 3.35. The van der Waals surface area contributed by atoms with Crippen molar-refractivity contribution in [2.75, 3.05) is 7.11 Å². The normalized spacial score (nSPS) is 9.82. The number of esters is 1. The molecule has 5 heteroatoms. The van der Waals surface area contributed by atoms with Crippen LogP contribution in [0.3, 0.4) is 0 Å². The molecule has 0 atom stereocenters. The molecular weight excluding hydrogens is 429 g/mol. The van der Waals surface area contributed by atoms with Gasteiger partial charge in [-0.05, 0) is 72.6 Å². The van der Waals surface area contributed by atoms with Crippen LogP contribution in [-0.2, 0) is 11.2 Å². The van der Waals surface area contributed by atoms with Crippen LogP contribution in [0.25, 0.3) is 16.6 Å². The number of carbonyl (C=O) groups excluding carboxylic acids is 1. The highest BCUT2D eigenvalue weighted by molar-refractivity contribution is 6.05. The van der Waals surface area contributed by atoms with Gasteiger partial charge < -0.3 is 14.0 Å². The molecule has 4 aromatic rings. The van der Waals surface area contributed by atoms with Crippen LogP contribution >= 0.6 is 0 Å². The van der Waals surface area contributed by atoms with Crippen molar-refractivity contribution in [3.05, 3.63) is 103 Å². The molecule has 0 bridgehead atoms. The highest BCUT2D eigenvalue weighted by Crippen LogP contribution is 2.30. The maximum Gasteiger partial charge on any atom is 0.338 e. The third-order valence-corrected chi connectivity index (χ3v) is 4.84. The molecule has 0 aliphatic heterocycles. The van der Waals surface area contributed by atoms with Crippen molar-refractivity contribution in [3.8, 4) is 17.2 Å². The number of hydrogen-bond donors (Lipinski definition) is 0. The van der Waals surface area contributed by atoms with E-state index in [4.69, 9.17) is 9.47 Å². The molecule has 178 valence electrons. The summed E-state index contributed by atoms with van der Waals surface area (Å²) in [5, 5.41) is 0.857. The summed E-state index contributed by atoms with van der Waals surface area (Å²) in [6.07, 6.45) is 4.45. The van der Waals surface area contributed by atoms with Crippen molar-refractivity contribution >= 4 is 16.9 Å². The summed E-state index contributed by atoms with van der Waals surface area (Å²) >= 11 is 0. The second-order valence-corrected chi connectivity index (χ2v) is 6.76. The first-order valence-corrected chi connectivity index (χ1v) is 11.5. The Balaban J connectivity index is 0.000000970. The average molecular weight is 462 g/mol. The van der Waals surface area contributed by atoms with Crippen molar-refractivity contribution in [3.63, 3.8) is 0 Å². The number of nitrogens with zero attached hydrogens (tertiary/aromatic N) is 1. The average Bonchev–Trinajstić information content (AvgIpc) is 3.26. The number of hydrogen-bond acceptors (Lipinski definition) is 3. The summed E-state index contributed by atoms with van der Waals surface area (Å²) in [5.74, 6) is 0.528. The Morgan fingerprint density at radius 1 is 0.941 bits per heavy atom. The van der Waals surface area contributed by atoms with Gasteiger partial charge in [0.15, 0.2) is 0 Å². The molecule has 34 heavy (non-hydrogen) atoms. The van der Waals surface area contributed by atoms with E-state index in [1.807, 2.05) is 80.9 Å². The summed E-state index contributed by atoms with van der Waals surface area (Å²) < 4.78 is 25.8. The molecule has 1 heterocycles. The third-order valence-electron chi connectivity index (χ3n) is 4.84. The van der Waals surface area contributed by atoms with E-state index in [1.165, 1.54) is 19.2 Å². The molecule has 0 spiro atoms. The number of allylic oxidation sites excluding steroid dienone is 1. The molecule has 0 saturated carbocycles. The maximum absolute atomic E-state index is 13.1. The number of carbonyl (C=O) groups is 1. The molecule has 0 unspecified atom stereocenters. The van der Waals surface area contributed by atoms with Gasteiger partial charge in [0, 0.05) is 17.3 Å². The zero-order valence-electron chi connectivity index (χ0n) is 20.5. The molecule has 4 nitrogen and oxygen atoms in total. The smallest absolute Gasteiger partial charge is 0.338 e. The monoisotopic (exact) mass is 461 g/mol. The first-order chi connectivity index (χ1) is 16.6. The van der Waals surface area contributed by atoms with E-state index in [0.29, 0.717) is 23.5 Å². The van der Waals surface area contributed by atoms with E-state index in [0.717, 1.165) is 22.2 Å². The van der Waals surface area contributed by atoms with Crippen molar-refractivity contribution in [1.82, 2.24) is 4.57 Å². The lowest BCUT2D eigenvalue weighted by Gasteiger charge is -2.09. The van der Waals surface area contributed by atoms with Crippen LogP contribution in [0.1, 0.15) is 43.6 Å². The molecular formula is C29H32FNO3. The molecule has 0 aliphatic carbocycles. The first-order valence-electron chi connectivity index (χ1n) is 11.5. The third kappa shape index (κ3) is 5.93. The van der Waals surface area contributed by atoms with Crippen molar-refractivity contribution < 1.29 is 18.7 Å². The van der Waals surface area contributed by atoms with Gasteiger partial charge in [0.2, 0.25) is 0 Å². The summed E-state index contributed by atoms with van der Waals surface area (Å²) in [6, 6.07) is 19.0. The Morgan fingerprint density at radius 3 is 2.09 bits per heavy atom. The van der Waals surface area contributed by atoms with Crippen LogP contribution in [0.4, 0.5) is 4.39 Å². The van der Waals surface area contributed by atoms with E-state index >= 15 is 0 Å². The van der Waals surface area contributed by atoms with Crippen molar-refractivity contribution in [2.24, 2.45) is 0 Å². The fourth-order valence-corrected chi connectivity index (χ4v) is 3.49. The molecule has 0 amide bonds. The fraction of sp³-hybridized carbons (Fsp3) is 0.207. The zero-order chi connectivity index (χ0) is 25.1. The number of aromatic nitrogens is 1. The lowest BCUT2D eigenvalue weighted by atomic mass is 10.0. The molecule has 0 N–H and O–H groups in total. The van der Waals surface area contributed by atoms with Crippen LogP contribution < -0.4 is 4.74 Å². The Bertz CT molecular complexity index is 1210. The van der Waals surface area contributed by atoms with Gasteiger partial charge in [-0.15, -0.1) is 6.58 Å². The SMILES string of the molecule is C=CCc1cn(-c2ccc(Oc3ccc(F)cc3)cc2)c2cccc(C(=O)OC)c12.CC.CC. The highest BCUT2D eigenvalue weighted by Gasteiger charge is 2.17. The topological polar surface area (TPSA) is 40.5 Å². The number of rotatable bonds is 6. The predicted octanol–water partition coefficient (Wildman–Crippen LogP) is 8.13. The Morgan fingerprint density at radius 2 is 1.53 bits per heavy atom. The molecule has 3 aromatic carbocycles. The molecule has 4 rings (SSSR count). The van der Waals surface area contributed by atoms with Crippen LogP contribution in [-0.4, -0.2) is 17.6 Å². The molecule has 0 radical (unpaired) electrons. The van der Waals surface area contributed by atoms with Gasteiger partial charge in [-0.1, -0.05) is 39.8 Å². The largest absolute Gasteiger partial charge is 0.465 e. The van der Waals surface area contributed by atoms with Crippen molar-refractivity contribution in [2.45, 2.75) is 34.1 Å². The van der Waals surface area contributed by atoms with E-state index in [9.17, 15) is 9.18 Å². The highest BCUT2D eigenvalue weighted by atomic mass is 19.1. The van der Waals surface area contributed by atoms with Gasteiger partial charge >= 0.3 is 5.97 Å². The van der Waals surface area contributed by atoms with Crippen LogP contribution in [0, 0.1) is 5.82 Å². The van der Waals surface area contributed by atoms with Crippen molar-refractivity contribution in [1.29, 1.82) is 0 Å². The lowest BCUT2D eigenvalue weighted by molar-refractivity contribution is 0.0603. The quantitative estimate of drug-likeness (QED) is 0.215. The van der Waals surface area contributed by atoms with E-state index in [1.54, 1.807) is 18.2 Å². The molecule has 0 aliphatic rings. The molecule has 0 fully saturated rings. The number of fused-ring (bicyclic) bond motifs is 1. The number of methoxy groups -OCH3 is 1. The second-order valence-electron chi connectivity index (χ2n) is 6.76. The first kappa shape index (κ1) is 26.4. The predicted molar refractivity (Wildman–Crippen MR) is 138 cm³/mol. The summed E-state index contributed by atoms with van der Waals surface area (Å²) in [7, 11) is 1.38. The van der Waals surface area contributed by atoms with Gasteiger partial charge in [0.1, 0.15) is 17.3 Å². The lowest BCUT2D eigenvalue weighted by Crippen LogP contribution is -2.02. The fourth-order valence-electron chi connectivity index (χ4n) is 3.49. The summed E-state index contributed by atoms with van der Waals surface area (Å²) in [4.78, 5) is 12.3. The van der Waals surface area contributed by atoms with Gasteiger partial charge in [0.25, 0.3) is 0 Å². The molecule has 0 saturated heterocycles. The number of benzene rings is 3. The van der Waals surface area contributed by atoms with Crippen LogP contribution in [0.5, 0.6) is 11.5 Å². The maximum atomic E-state index is 13.1. The standard InChI is InChI=1S/C25H20FNO3.2C2H6/c1-3-5-17-16-27(23-7-4-6-22(24(17)23)25(28)29-2)19-10-14-21(15-11-19)30-20-12-8-18(26)9-13-20;2*1-2/h3-4,6-16H,1,5H2,2H3;2*1-2H3. The Hall–Kier alpha value is -3.86. The van der Waals surface area contributed by atoms with Gasteiger partial charge in [0.05, 0.1) is 18.2 Å². The van der Waals surface area contributed by atoms with E-state index in [2.05, 4.69) is 6.58 Å². The molecule has 1 aromatic heterocycles. The zero-order valence-corrected chi connectivity index (χ0v) is 20.5.